The van der Waals surface area contributed by atoms with Crippen molar-refractivity contribution in [2.24, 2.45) is 7.05 Å². The lowest BCUT2D eigenvalue weighted by molar-refractivity contribution is -0.113. The summed E-state index contributed by atoms with van der Waals surface area (Å²) in [5.74, 6) is 6.66. The number of aryl methyl sites for hydroxylation is 2. The van der Waals surface area contributed by atoms with Crippen molar-refractivity contribution in [3.8, 4) is 10.7 Å². The fraction of sp³-hybridized carbons (Fsp3) is 0.286. The van der Waals surface area contributed by atoms with Gasteiger partial charge in [0.2, 0.25) is 11.1 Å². The second-order valence-corrected chi connectivity index (χ2v) is 7.05. The smallest absolute Gasteiger partial charge is 0.234 e. The van der Waals surface area contributed by atoms with Crippen LogP contribution in [0.5, 0.6) is 0 Å². The van der Waals surface area contributed by atoms with Crippen molar-refractivity contribution < 1.29 is 4.79 Å². The molecule has 0 fully saturated rings. The average Bonchev–Trinajstić information content (AvgIpc) is 3.23. The molecule has 0 aliphatic heterocycles. The number of nitrogens with one attached hydrogen (secondary N) is 1. The number of rotatable bonds is 5. The molecule has 8 nitrogen and oxygen atoms in total. The molecule has 10 heteroatoms. The van der Waals surface area contributed by atoms with Crippen LogP contribution in [0, 0.1) is 13.8 Å². The SMILES string of the molecule is Cc1nn(C)c(C)c1NC(=O)CSc1nnc(-c2cccs2)n1N. The monoisotopic (exact) mass is 363 g/mol. The summed E-state index contributed by atoms with van der Waals surface area (Å²) in [5.41, 5.74) is 2.44. The van der Waals surface area contributed by atoms with Crippen LogP contribution in [-0.2, 0) is 11.8 Å². The first-order valence-corrected chi connectivity index (χ1v) is 9.01. The Balaban J connectivity index is 1.65. The van der Waals surface area contributed by atoms with E-state index in [-0.39, 0.29) is 11.7 Å². The zero-order valence-electron chi connectivity index (χ0n) is 13.5. The molecule has 0 saturated carbocycles. The van der Waals surface area contributed by atoms with Crippen LogP contribution in [0.3, 0.4) is 0 Å². The summed E-state index contributed by atoms with van der Waals surface area (Å²) in [6.45, 7) is 3.77. The molecule has 0 aromatic carbocycles. The van der Waals surface area contributed by atoms with E-state index in [2.05, 4.69) is 20.6 Å². The number of hydrogen-bond donors (Lipinski definition) is 2. The Labute approximate surface area is 147 Å². The summed E-state index contributed by atoms with van der Waals surface area (Å²) in [6, 6.07) is 3.85. The number of nitrogens with zero attached hydrogens (tertiary/aromatic N) is 5. The third-order valence-corrected chi connectivity index (χ3v) is 5.32. The molecule has 0 saturated heterocycles. The van der Waals surface area contributed by atoms with Gasteiger partial charge in [-0.1, -0.05) is 17.8 Å². The highest BCUT2D eigenvalue weighted by atomic mass is 32.2. The van der Waals surface area contributed by atoms with Crippen molar-refractivity contribution in [3.05, 3.63) is 28.9 Å². The van der Waals surface area contributed by atoms with E-state index in [1.807, 2.05) is 38.4 Å². The predicted octanol–water partition coefficient (Wildman–Crippen LogP) is 1.80. The van der Waals surface area contributed by atoms with Crippen molar-refractivity contribution in [1.29, 1.82) is 0 Å². The lowest BCUT2D eigenvalue weighted by atomic mass is 10.3. The molecular weight excluding hydrogens is 346 g/mol. The molecule has 0 unspecified atom stereocenters. The van der Waals surface area contributed by atoms with Crippen LogP contribution in [0.2, 0.25) is 0 Å². The minimum Gasteiger partial charge on any atom is -0.335 e. The van der Waals surface area contributed by atoms with Gasteiger partial charge in [0, 0.05) is 7.05 Å². The summed E-state index contributed by atoms with van der Waals surface area (Å²) < 4.78 is 3.15. The van der Waals surface area contributed by atoms with Gasteiger partial charge in [-0.15, -0.1) is 21.5 Å². The van der Waals surface area contributed by atoms with Gasteiger partial charge in [-0.25, -0.2) is 4.68 Å². The van der Waals surface area contributed by atoms with E-state index >= 15 is 0 Å². The molecule has 3 aromatic heterocycles. The van der Waals surface area contributed by atoms with Gasteiger partial charge in [0.25, 0.3) is 0 Å². The Bertz CT molecular complexity index is 866. The maximum Gasteiger partial charge on any atom is 0.234 e. The summed E-state index contributed by atoms with van der Waals surface area (Å²) in [4.78, 5) is 13.1. The fourth-order valence-electron chi connectivity index (χ4n) is 2.21. The minimum absolute atomic E-state index is 0.139. The summed E-state index contributed by atoms with van der Waals surface area (Å²) in [5, 5.41) is 17.7. The molecule has 0 aliphatic rings. The number of nitrogen functional groups attached to an aromatic ring is 1. The molecule has 0 aliphatic carbocycles. The first-order chi connectivity index (χ1) is 11.5. The third kappa shape index (κ3) is 3.15. The quantitative estimate of drug-likeness (QED) is 0.529. The molecule has 24 heavy (non-hydrogen) atoms. The van der Waals surface area contributed by atoms with Crippen LogP contribution in [0.1, 0.15) is 11.4 Å². The second kappa shape index (κ2) is 6.65. The van der Waals surface area contributed by atoms with Gasteiger partial charge in [-0.3, -0.25) is 9.48 Å². The number of nitrogens with two attached hydrogens (primary N) is 1. The van der Waals surface area contributed by atoms with Gasteiger partial charge in [0.1, 0.15) is 0 Å². The number of anilines is 1. The highest BCUT2D eigenvalue weighted by Crippen LogP contribution is 2.25. The average molecular weight is 363 g/mol. The number of hydrogen-bond acceptors (Lipinski definition) is 7. The van der Waals surface area contributed by atoms with Crippen molar-refractivity contribution in [2.45, 2.75) is 19.0 Å². The van der Waals surface area contributed by atoms with Crippen LogP contribution >= 0.6 is 23.1 Å². The third-order valence-electron chi connectivity index (χ3n) is 3.51. The predicted molar refractivity (Wildman–Crippen MR) is 95.5 cm³/mol. The van der Waals surface area contributed by atoms with E-state index in [0.717, 1.165) is 22.0 Å². The van der Waals surface area contributed by atoms with Gasteiger partial charge >= 0.3 is 0 Å². The number of thiophene rings is 1. The molecule has 0 atom stereocenters. The molecule has 0 bridgehead atoms. The lowest BCUT2D eigenvalue weighted by Crippen LogP contribution is -2.17. The number of carbonyl (C=O) groups excluding carboxylic acids is 1. The standard InChI is InChI=1S/C14H17N7OS2/c1-8-12(9(2)20(3)19-8)16-11(22)7-24-14-18-17-13(21(14)15)10-5-4-6-23-10/h4-6H,7,15H2,1-3H3,(H,16,22). The van der Waals surface area contributed by atoms with E-state index in [0.29, 0.717) is 11.0 Å². The van der Waals surface area contributed by atoms with E-state index in [1.54, 1.807) is 4.68 Å². The largest absolute Gasteiger partial charge is 0.335 e. The Kier molecular flexibility index (Phi) is 4.58. The maximum absolute atomic E-state index is 12.2. The van der Waals surface area contributed by atoms with Gasteiger partial charge in [-0.05, 0) is 25.3 Å². The van der Waals surface area contributed by atoms with E-state index in [4.69, 9.17) is 5.84 Å². The lowest BCUT2D eigenvalue weighted by Gasteiger charge is -2.05. The normalized spacial score (nSPS) is 11.0. The molecule has 3 aromatic rings. The summed E-state index contributed by atoms with van der Waals surface area (Å²) in [6.07, 6.45) is 0. The van der Waals surface area contributed by atoms with Crippen LogP contribution in [-0.4, -0.2) is 36.3 Å². The first-order valence-electron chi connectivity index (χ1n) is 7.14. The molecule has 126 valence electrons. The number of carbonyl (C=O) groups is 1. The van der Waals surface area contributed by atoms with Gasteiger partial charge in [0.15, 0.2) is 5.82 Å². The molecule has 0 radical (unpaired) electrons. The van der Waals surface area contributed by atoms with E-state index in [9.17, 15) is 4.79 Å². The van der Waals surface area contributed by atoms with E-state index < -0.39 is 0 Å². The maximum atomic E-state index is 12.2. The minimum atomic E-state index is -0.139. The first kappa shape index (κ1) is 16.5. The van der Waals surface area contributed by atoms with Crippen molar-refractivity contribution in [1.82, 2.24) is 24.7 Å². The highest BCUT2D eigenvalue weighted by Gasteiger charge is 2.16. The van der Waals surface area contributed by atoms with Crippen molar-refractivity contribution in [2.75, 3.05) is 16.9 Å². The van der Waals surface area contributed by atoms with Crippen LogP contribution < -0.4 is 11.2 Å². The number of thioether (sulfide) groups is 1. The zero-order valence-corrected chi connectivity index (χ0v) is 15.1. The number of amides is 1. The van der Waals surface area contributed by atoms with Crippen LogP contribution in [0.25, 0.3) is 10.7 Å². The second-order valence-electron chi connectivity index (χ2n) is 5.16. The van der Waals surface area contributed by atoms with Gasteiger partial charge < -0.3 is 11.2 Å². The number of aromatic nitrogens is 5. The zero-order chi connectivity index (χ0) is 17.3. The van der Waals surface area contributed by atoms with Crippen LogP contribution in [0.4, 0.5) is 5.69 Å². The molecule has 3 heterocycles. The Morgan fingerprint density at radius 1 is 1.42 bits per heavy atom. The summed E-state index contributed by atoms with van der Waals surface area (Å²) >= 11 is 2.77. The van der Waals surface area contributed by atoms with E-state index in [1.165, 1.54) is 27.8 Å². The Morgan fingerprint density at radius 3 is 2.83 bits per heavy atom. The molecular formula is C14H17N7OS2. The van der Waals surface area contributed by atoms with Gasteiger partial charge in [-0.2, -0.15) is 5.10 Å². The van der Waals surface area contributed by atoms with Gasteiger partial charge in [0.05, 0.1) is 27.7 Å². The molecule has 0 spiro atoms. The molecule has 3 rings (SSSR count). The van der Waals surface area contributed by atoms with Crippen molar-refractivity contribution in [3.63, 3.8) is 0 Å². The highest BCUT2D eigenvalue weighted by molar-refractivity contribution is 7.99. The Morgan fingerprint density at radius 2 is 2.21 bits per heavy atom. The Hall–Kier alpha value is -2.33. The van der Waals surface area contributed by atoms with Crippen LogP contribution in [0.15, 0.2) is 22.7 Å². The summed E-state index contributed by atoms with van der Waals surface area (Å²) in [7, 11) is 1.84. The topological polar surface area (TPSA) is 104 Å². The van der Waals surface area contributed by atoms with Crippen molar-refractivity contribution >= 4 is 34.7 Å². The fourth-order valence-corrected chi connectivity index (χ4v) is 3.57. The molecule has 1 amide bonds. The molecule has 3 N–H and O–H groups in total.